The minimum atomic E-state index is -0.597. The maximum absolute atomic E-state index is 12.1. The minimum absolute atomic E-state index is 0.0792. The first-order valence-corrected chi connectivity index (χ1v) is 12.2. The van der Waals surface area contributed by atoms with E-state index in [9.17, 15) is 4.79 Å². The van der Waals surface area contributed by atoms with Crippen molar-refractivity contribution < 1.29 is 19.0 Å². The van der Waals surface area contributed by atoms with Crippen molar-refractivity contribution in [3.8, 4) is 11.5 Å². The van der Waals surface area contributed by atoms with Crippen LogP contribution in [0.5, 0.6) is 11.5 Å². The van der Waals surface area contributed by atoms with Crippen molar-refractivity contribution in [2.45, 2.75) is 39.5 Å². The van der Waals surface area contributed by atoms with Crippen LogP contribution in [0.3, 0.4) is 0 Å². The fourth-order valence-electron chi connectivity index (χ4n) is 3.78. The van der Waals surface area contributed by atoms with E-state index in [4.69, 9.17) is 19.0 Å². The smallest absolute Gasteiger partial charge is 0.437 e. The normalized spacial score (nSPS) is 10.9. The third-order valence-electron chi connectivity index (χ3n) is 5.52. The highest BCUT2D eigenvalue weighted by atomic mass is 79.9. The van der Waals surface area contributed by atoms with Gasteiger partial charge in [0.05, 0.1) is 24.0 Å². The summed E-state index contributed by atoms with van der Waals surface area (Å²) < 4.78 is 19.7. The van der Waals surface area contributed by atoms with E-state index in [0.717, 1.165) is 31.4 Å². The number of rotatable bonds is 11. The molecule has 0 spiro atoms. The molecule has 4 aromatic rings. The van der Waals surface area contributed by atoms with E-state index in [-0.39, 0.29) is 25.5 Å². The monoisotopic (exact) mass is 538 g/mol. The molecule has 0 amide bonds. The van der Waals surface area contributed by atoms with Crippen LogP contribution >= 0.6 is 15.9 Å². The van der Waals surface area contributed by atoms with Gasteiger partial charge < -0.3 is 19.0 Å². The maximum Gasteiger partial charge on any atom is 0.437 e. The highest BCUT2D eigenvalue weighted by Gasteiger charge is 2.21. The second-order valence-corrected chi connectivity index (χ2v) is 8.72. The largest absolute Gasteiger partial charge is 0.488 e. The molecule has 0 saturated heterocycles. The zero-order valence-electron chi connectivity index (χ0n) is 19.4. The quantitative estimate of drug-likeness (QED) is 0.292. The van der Waals surface area contributed by atoms with Crippen molar-refractivity contribution in [3.05, 3.63) is 110 Å². The number of halogens is 1. The Labute approximate surface area is 212 Å². The van der Waals surface area contributed by atoms with Gasteiger partial charge in [0, 0.05) is 6.07 Å². The van der Waals surface area contributed by atoms with Gasteiger partial charge in [-0.25, -0.2) is 4.79 Å². The van der Waals surface area contributed by atoms with E-state index >= 15 is 0 Å². The summed E-state index contributed by atoms with van der Waals surface area (Å²) in [6.45, 7) is 2.73. The molecule has 1 aromatic heterocycles. The van der Waals surface area contributed by atoms with Gasteiger partial charge in [-0.05, 0) is 44.6 Å². The molecule has 182 valence electrons. The highest BCUT2D eigenvalue weighted by Crippen LogP contribution is 2.39. The molecule has 0 radical (unpaired) electrons. The summed E-state index contributed by atoms with van der Waals surface area (Å²) in [6.07, 6.45) is 0.959. The van der Waals surface area contributed by atoms with Gasteiger partial charge in [0.25, 0.3) is 0 Å². The Kier molecular flexibility index (Phi) is 8.39. The molecule has 0 bridgehead atoms. The van der Waals surface area contributed by atoms with Gasteiger partial charge in [-0.2, -0.15) is 4.68 Å². The first-order chi connectivity index (χ1) is 17.1. The van der Waals surface area contributed by atoms with Crippen molar-refractivity contribution in [3.63, 3.8) is 0 Å². The average Bonchev–Trinajstić information content (AvgIpc) is 3.23. The van der Waals surface area contributed by atoms with Crippen LogP contribution in [0.25, 0.3) is 0 Å². The standard InChI is InChI=1S/C27H27BrN2O5/c1-2-21-22(15-25-29-30(13-14-31)27(32)35-25)26(28)24(34-18-20-11-7-4-8-12-20)16-23(21)33-17-19-9-5-3-6-10-19/h3-12,16,31H,2,13-15,17-18H2,1H3. The van der Waals surface area contributed by atoms with Crippen LogP contribution in [-0.4, -0.2) is 21.5 Å². The molecular weight excluding hydrogens is 512 g/mol. The molecule has 1 heterocycles. The summed E-state index contributed by atoms with van der Waals surface area (Å²) in [5.41, 5.74) is 3.94. The lowest BCUT2D eigenvalue weighted by molar-refractivity contribution is 0.264. The molecule has 0 aliphatic rings. The zero-order chi connectivity index (χ0) is 24.6. The molecule has 35 heavy (non-hydrogen) atoms. The van der Waals surface area contributed by atoms with Crippen LogP contribution in [0.4, 0.5) is 0 Å². The molecule has 0 saturated carbocycles. The molecule has 0 fully saturated rings. The lowest BCUT2D eigenvalue weighted by Gasteiger charge is -2.19. The summed E-state index contributed by atoms with van der Waals surface area (Å²) in [4.78, 5) is 12.1. The van der Waals surface area contributed by atoms with E-state index in [1.807, 2.05) is 73.7 Å². The predicted molar refractivity (Wildman–Crippen MR) is 136 cm³/mol. The van der Waals surface area contributed by atoms with Gasteiger partial charge in [-0.3, -0.25) is 0 Å². The van der Waals surface area contributed by atoms with E-state index in [2.05, 4.69) is 21.0 Å². The van der Waals surface area contributed by atoms with Crippen LogP contribution in [0.2, 0.25) is 0 Å². The van der Waals surface area contributed by atoms with E-state index in [0.29, 0.717) is 31.1 Å². The average molecular weight is 539 g/mol. The van der Waals surface area contributed by atoms with E-state index < -0.39 is 5.76 Å². The number of aliphatic hydroxyl groups excluding tert-OH is 1. The SMILES string of the molecule is CCc1c(OCc2ccccc2)cc(OCc2ccccc2)c(Br)c1Cc1nn(CCO)c(=O)o1. The Morgan fingerprint density at radius 2 is 1.54 bits per heavy atom. The molecule has 0 aliphatic carbocycles. The maximum atomic E-state index is 12.1. The number of nitrogens with zero attached hydrogens (tertiary/aromatic N) is 2. The fraction of sp³-hybridized carbons (Fsp3) is 0.259. The Morgan fingerprint density at radius 1 is 0.943 bits per heavy atom. The summed E-state index contributed by atoms with van der Waals surface area (Å²) >= 11 is 3.72. The summed E-state index contributed by atoms with van der Waals surface area (Å²) in [6, 6.07) is 21.8. The van der Waals surface area contributed by atoms with E-state index in [1.54, 1.807) is 0 Å². The van der Waals surface area contributed by atoms with Gasteiger partial charge in [-0.1, -0.05) is 67.6 Å². The van der Waals surface area contributed by atoms with Gasteiger partial charge in [0.1, 0.15) is 24.7 Å². The number of ether oxygens (including phenoxy) is 2. The number of aliphatic hydroxyl groups is 1. The molecular formula is C27H27BrN2O5. The second-order valence-electron chi connectivity index (χ2n) is 7.93. The lowest BCUT2D eigenvalue weighted by Crippen LogP contribution is -2.17. The molecule has 4 rings (SSSR count). The summed E-state index contributed by atoms with van der Waals surface area (Å²) in [5.74, 6) is 0.990. The number of aromatic nitrogens is 2. The third-order valence-corrected chi connectivity index (χ3v) is 6.39. The summed E-state index contributed by atoms with van der Waals surface area (Å²) in [5, 5.41) is 13.4. The molecule has 0 unspecified atom stereocenters. The second kappa shape index (κ2) is 11.9. The highest BCUT2D eigenvalue weighted by molar-refractivity contribution is 9.10. The Hall–Kier alpha value is -3.36. The molecule has 0 aliphatic heterocycles. The first kappa shape index (κ1) is 24.8. The minimum Gasteiger partial charge on any atom is -0.488 e. The predicted octanol–water partition coefficient (Wildman–Crippen LogP) is 4.90. The molecule has 0 atom stereocenters. The molecule has 8 heteroatoms. The topological polar surface area (TPSA) is 86.7 Å². The van der Waals surface area contributed by atoms with Crippen molar-refractivity contribution >= 4 is 15.9 Å². The first-order valence-electron chi connectivity index (χ1n) is 11.4. The Morgan fingerprint density at radius 3 is 2.11 bits per heavy atom. The van der Waals surface area contributed by atoms with Gasteiger partial charge in [-0.15, -0.1) is 5.10 Å². The van der Waals surface area contributed by atoms with Crippen LogP contribution in [-0.2, 0) is 32.6 Å². The Balaban J connectivity index is 1.69. The zero-order valence-corrected chi connectivity index (χ0v) is 21.0. The number of hydrogen-bond donors (Lipinski definition) is 1. The summed E-state index contributed by atoms with van der Waals surface area (Å²) in [7, 11) is 0. The van der Waals surface area contributed by atoms with Gasteiger partial charge in [0.15, 0.2) is 0 Å². The third kappa shape index (κ3) is 6.21. The fourth-order valence-corrected chi connectivity index (χ4v) is 4.39. The van der Waals surface area contributed by atoms with Crippen LogP contribution in [0, 0.1) is 0 Å². The van der Waals surface area contributed by atoms with Gasteiger partial charge in [0.2, 0.25) is 5.89 Å². The van der Waals surface area contributed by atoms with Crippen LogP contribution in [0.15, 0.2) is 80.4 Å². The number of benzene rings is 3. The lowest BCUT2D eigenvalue weighted by atomic mass is 10.0. The van der Waals surface area contributed by atoms with Gasteiger partial charge >= 0.3 is 5.76 Å². The number of hydrogen-bond acceptors (Lipinski definition) is 6. The van der Waals surface area contributed by atoms with Crippen molar-refractivity contribution in [2.24, 2.45) is 0 Å². The van der Waals surface area contributed by atoms with E-state index in [1.165, 1.54) is 0 Å². The van der Waals surface area contributed by atoms with Crippen molar-refractivity contribution in [2.75, 3.05) is 6.61 Å². The van der Waals surface area contributed by atoms with Crippen LogP contribution in [0.1, 0.15) is 35.1 Å². The van der Waals surface area contributed by atoms with Crippen molar-refractivity contribution in [1.82, 2.24) is 9.78 Å². The Bertz CT molecular complexity index is 1300. The molecule has 7 nitrogen and oxygen atoms in total. The van der Waals surface area contributed by atoms with Crippen LogP contribution < -0.4 is 15.2 Å². The van der Waals surface area contributed by atoms with Crippen molar-refractivity contribution in [1.29, 1.82) is 0 Å². The molecule has 3 aromatic carbocycles. The molecule has 1 N–H and O–H groups in total.